The average molecular weight is 303 g/mol. The molecule has 0 amide bonds. The van der Waals surface area contributed by atoms with Crippen molar-refractivity contribution >= 4 is 0 Å². The topological polar surface area (TPSA) is 32.7 Å². The molecule has 2 fully saturated rings. The smallest absolute Gasteiger partial charge is 0.119 e. The first-order valence-corrected chi connectivity index (χ1v) is 8.61. The summed E-state index contributed by atoms with van der Waals surface area (Å²) < 4.78 is 5.69. The van der Waals surface area contributed by atoms with Crippen LogP contribution in [-0.2, 0) is 6.54 Å². The molecule has 0 radical (unpaired) electrons. The predicted molar refractivity (Wildman–Crippen MR) is 89.0 cm³/mol. The molecule has 1 heterocycles. The van der Waals surface area contributed by atoms with Crippen molar-refractivity contribution in [3.63, 3.8) is 0 Å². The van der Waals surface area contributed by atoms with Crippen molar-refractivity contribution in [2.45, 2.75) is 64.7 Å². The quantitative estimate of drug-likeness (QED) is 0.922. The molecule has 1 unspecified atom stereocenters. The summed E-state index contributed by atoms with van der Waals surface area (Å²) in [6, 6.07) is 8.47. The number of hydrogen-bond acceptors (Lipinski definition) is 3. The van der Waals surface area contributed by atoms with E-state index in [9.17, 15) is 5.11 Å². The van der Waals surface area contributed by atoms with Gasteiger partial charge in [0.05, 0.1) is 11.7 Å². The number of ether oxygens (including phenoxy) is 1. The Kier molecular flexibility index (Phi) is 4.21. The maximum absolute atomic E-state index is 10.4. The first-order valence-electron chi connectivity index (χ1n) is 8.61. The Morgan fingerprint density at radius 2 is 1.73 bits per heavy atom. The molecule has 1 aliphatic carbocycles. The maximum atomic E-state index is 10.4. The zero-order chi connectivity index (χ0) is 15.8. The molecule has 3 rings (SSSR count). The van der Waals surface area contributed by atoms with E-state index in [1.54, 1.807) is 0 Å². The number of aliphatic hydroxyl groups is 1. The predicted octanol–water partition coefficient (Wildman–Crippen LogP) is 3.60. The van der Waals surface area contributed by atoms with Crippen molar-refractivity contribution in [2.24, 2.45) is 5.41 Å². The Morgan fingerprint density at radius 1 is 1.09 bits per heavy atom. The van der Waals surface area contributed by atoms with Crippen molar-refractivity contribution in [2.75, 3.05) is 13.1 Å². The summed E-state index contributed by atoms with van der Waals surface area (Å²) in [6.07, 6.45) is 4.67. The molecule has 1 saturated carbocycles. The lowest BCUT2D eigenvalue weighted by Crippen LogP contribution is -2.59. The van der Waals surface area contributed by atoms with Gasteiger partial charge in [-0.3, -0.25) is 4.90 Å². The average Bonchev–Trinajstić information content (AvgIpc) is 2.48. The van der Waals surface area contributed by atoms with E-state index in [1.807, 2.05) is 20.8 Å². The van der Waals surface area contributed by atoms with Crippen molar-refractivity contribution < 1.29 is 9.84 Å². The third-order valence-electron chi connectivity index (χ3n) is 5.75. The van der Waals surface area contributed by atoms with Crippen LogP contribution in [0.15, 0.2) is 24.3 Å². The van der Waals surface area contributed by atoms with Crippen LogP contribution in [-0.4, -0.2) is 34.8 Å². The van der Waals surface area contributed by atoms with Gasteiger partial charge in [0, 0.05) is 12.0 Å². The molecular weight excluding hydrogens is 274 g/mol. The molecule has 3 heteroatoms. The molecule has 0 aromatic heterocycles. The van der Waals surface area contributed by atoms with Crippen LogP contribution in [0.25, 0.3) is 0 Å². The van der Waals surface area contributed by atoms with Gasteiger partial charge in [0.1, 0.15) is 5.75 Å². The van der Waals surface area contributed by atoms with Crippen molar-refractivity contribution in [3.05, 3.63) is 29.8 Å². The van der Waals surface area contributed by atoms with E-state index in [2.05, 4.69) is 29.2 Å². The minimum atomic E-state index is -0.422. The first kappa shape index (κ1) is 15.8. The number of rotatable bonds is 4. The Balaban J connectivity index is 1.53. The number of piperidine rings is 1. The summed E-state index contributed by atoms with van der Waals surface area (Å²) in [7, 11) is 0. The fourth-order valence-corrected chi connectivity index (χ4v) is 3.97. The molecule has 1 aromatic rings. The molecule has 3 nitrogen and oxygen atoms in total. The number of likely N-dealkylation sites (tertiary alicyclic amines) is 1. The van der Waals surface area contributed by atoms with E-state index < -0.39 is 5.60 Å². The van der Waals surface area contributed by atoms with Crippen molar-refractivity contribution in [3.8, 4) is 5.75 Å². The Labute approximate surface area is 134 Å². The molecule has 22 heavy (non-hydrogen) atoms. The van der Waals surface area contributed by atoms with E-state index in [1.165, 1.54) is 12.0 Å². The van der Waals surface area contributed by atoms with Crippen LogP contribution in [0.1, 0.15) is 52.0 Å². The van der Waals surface area contributed by atoms with Gasteiger partial charge in [-0.15, -0.1) is 0 Å². The zero-order valence-electron chi connectivity index (χ0n) is 14.1. The second-order valence-electron chi connectivity index (χ2n) is 7.64. The van der Waals surface area contributed by atoms with Gasteiger partial charge in [-0.1, -0.05) is 12.1 Å². The third-order valence-corrected chi connectivity index (χ3v) is 5.75. The monoisotopic (exact) mass is 303 g/mol. The summed E-state index contributed by atoms with van der Waals surface area (Å²) in [6.45, 7) is 9.32. The van der Waals surface area contributed by atoms with E-state index in [-0.39, 0.29) is 11.5 Å². The van der Waals surface area contributed by atoms with Crippen LogP contribution in [0.3, 0.4) is 0 Å². The largest absolute Gasteiger partial charge is 0.491 e. The van der Waals surface area contributed by atoms with Gasteiger partial charge in [-0.25, -0.2) is 0 Å². The van der Waals surface area contributed by atoms with Crippen molar-refractivity contribution in [1.29, 1.82) is 0 Å². The van der Waals surface area contributed by atoms with Gasteiger partial charge < -0.3 is 9.84 Å². The Hall–Kier alpha value is -1.06. The standard InChI is InChI=1S/C19H29NO2/c1-15(2)22-17-6-4-16(5-7-17)14-20-12-10-19(11-13-20)9-8-18(19,3)21/h4-7,15,21H,8-14H2,1-3H3. The van der Waals surface area contributed by atoms with Gasteiger partial charge in [0.25, 0.3) is 0 Å². The van der Waals surface area contributed by atoms with Crippen LogP contribution < -0.4 is 4.74 Å². The first-order chi connectivity index (χ1) is 10.4. The van der Waals surface area contributed by atoms with Gasteiger partial charge in [-0.05, 0) is 77.2 Å². The van der Waals surface area contributed by atoms with Gasteiger partial charge in [0.15, 0.2) is 0 Å². The highest BCUT2D eigenvalue weighted by molar-refractivity contribution is 5.27. The molecule has 1 N–H and O–H groups in total. The second-order valence-corrected chi connectivity index (χ2v) is 7.64. The molecule has 1 spiro atoms. The minimum absolute atomic E-state index is 0.207. The van der Waals surface area contributed by atoms with Crippen LogP contribution in [0.5, 0.6) is 5.75 Å². The fourth-order valence-electron chi connectivity index (χ4n) is 3.97. The highest BCUT2D eigenvalue weighted by Crippen LogP contribution is 2.56. The molecule has 1 aliphatic heterocycles. The minimum Gasteiger partial charge on any atom is -0.491 e. The number of nitrogens with zero attached hydrogens (tertiary/aromatic N) is 1. The molecule has 0 bridgehead atoms. The normalized spacial score (nSPS) is 27.9. The lowest BCUT2D eigenvalue weighted by atomic mass is 9.53. The van der Waals surface area contributed by atoms with E-state index in [0.717, 1.165) is 44.6 Å². The molecule has 2 aliphatic rings. The highest BCUT2D eigenvalue weighted by atomic mass is 16.5. The van der Waals surface area contributed by atoms with E-state index in [4.69, 9.17) is 4.74 Å². The maximum Gasteiger partial charge on any atom is 0.119 e. The molecular formula is C19H29NO2. The molecule has 1 saturated heterocycles. The summed E-state index contributed by atoms with van der Waals surface area (Å²) in [5.41, 5.74) is 1.13. The fraction of sp³-hybridized carbons (Fsp3) is 0.684. The molecule has 1 aromatic carbocycles. The molecule has 122 valence electrons. The lowest BCUT2D eigenvalue weighted by molar-refractivity contribution is -0.177. The van der Waals surface area contributed by atoms with Crippen LogP contribution in [0.2, 0.25) is 0 Å². The van der Waals surface area contributed by atoms with Crippen LogP contribution in [0.4, 0.5) is 0 Å². The number of benzene rings is 1. The van der Waals surface area contributed by atoms with E-state index in [0.29, 0.717) is 0 Å². The zero-order valence-corrected chi connectivity index (χ0v) is 14.1. The number of hydrogen-bond donors (Lipinski definition) is 1. The van der Waals surface area contributed by atoms with Crippen molar-refractivity contribution in [1.82, 2.24) is 4.90 Å². The summed E-state index contributed by atoms with van der Waals surface area (Å²) in [5.74, 6) is 0.946. The Bertz CT molecular complexity index is 499. The van der Waals surface area contributed by atoms with Crippen LogP contribution >= 0.6 is 0 Å². The van der Waals surface area contributed by atoms with Gasteiger partial charge in [0.2, 0.25) is 0 Å². The second kappa shape index (κ2) is 5.86. The summed E-state index contributed by atoms with van der Waals surface area (Å²) in [5, 5.41) is 10.4. The third kappa shape index (κ3) is 3.02. The molecule has 1 atom stereocenters. The van der Waals surface area contributed by atoms with E-state index >= 15 is 0 Å². The Morgan fingerprint density at radius 3 is 2.18 bits per heavy atom. The summed E-state index contributed by atoms with van der Waals surface area (Å²) in [4.78, 5) is 2.51. The van der Waals surface area contributed by atoms with Crippen LogP contribution in [0, 0.1) is 5.41 Å². The SMILES string of the molecule is CC(C)Oc1ccc(CN2CCC3(CC2)CCC3(C)O)cc1. The van der Waals surface area contributed by atoms with Gasteiger partial charge in [-0.2, -0.15) is 0 Å². The van der Waals surface area contributed by atoms with Gasteiger partial charge >= 0.3 is 0 Å². The highest BCUT2D eigenvalue weighted by Gasteiger charge is 2.55. The lowest BCUT2D eigenvalue weighted by Gasteiger charge is -2.58. The summed E-state index contributed by atoms with van der Waals surface area (Å²) >= 11 is 0.